The summed E-state index contributed by atoms with van der Waals surface area (Å²) in [5, 5.41) is 7.46. The molecule has 0 fully saturated rings. The van der Waals surface area contributed by atoms with E-state index in [1.807, 2.05) is 6.92 Å². The van der Waals surface area contributed by atoms with Crippen LogP contribution in [0.4, 0.5) is 14.7 Å². The number of H-pyrrole nitrogens is 1. The lowest BCUT2D eigenvalue weighted by molar-refractivity contribution is -0.0505. The third-order valence-corrected chi connectivity index (χ3v) is 3.83. The highest BCUT2D eigenvalue weighted by Crippen LogP contribution is 2.30. The Bertz CT molecular complexity index is 938. The number of para-hydroxylation sites is 1. The number of anilines is 1. The van der Waals surface area contributed by atoms with Crippen LogP contribution in [0.5, 0.6) is 5.75 Å². The van der Waals surface area contributed by atoms with Crippen molar-refractivity contribution in [2.24, 2.45) is 7.05 Å². The number of hydrogen-bond acceptors (Lipinski definition) is 5. The molecule has 3 rings (SSSR count). The molecule has 0 spiro atoms. The summed E-state index contributed by atoms with van der Waals surface area (Å²) in [5.41, 5.74) is 0.656. The van der Waals surface area contributed by atoms with Crippen LogP contribution in [0.2, 0.25) is 0 Å². The Labute approximate surface area is 141 Å². The SMILES string of the molecule is CCC(Nc1nc2c(cnn2C)c(=O)[nH]1)c1ccccc1OC(F)F. The highest BCUT2D eigenvalue weighted by atomic mass is 19.3. The van der Waals surface area contributed by atoms with Gasteiger partial charge in [0, 0.05) is 12.6 Å². The van der Waals surface area contributed by atoms with Crippen molar-refractivity contribution in [3.05, 3.63) is 46.4 Å². The molecule has 3 aromatic rings. The molecule has 0 amide bonds. The van der Waals surface area contributed by atoms with Gasteiger partial charge in [-0.05, 0) is 12.5 Å². The third kappa shape index (κ3) is 3.44. The van der Waals surface area contributed by atoms with Crippen LogP contribution in [-0.4, -0.2) is 26.4 Å². The molecule has 132 valence electrons. The molecule has 1 atom stereocenters. The van der Waals surface area contributed by atoms with Gasteiger partial charge in [0.1, 0.15) is 11.1 Å². The summed E-state index contributed by atoms with van der Waals surface area (Å²) in [5.74, 6) is 0.320. The molecule has 0 saturated heterocycles. The fraction of sp³-hybridized carbons (Fsp3) is 0.312. The second kappa shape index (κ2) is 6.88. The van der Waals surface area contributed by atoms with Crippen molar-refractivity contribution in [3.63, 3.8) is 0 Å². The number of nitrogens with one attached hydrogen (secondary N) is 2. The highest BCUT2D eigenvalue weighted by molar-refractivity contribution is 5.74. The average molecular weight is 349 g/mol. The largest absolute Gasteiger partial charge is 0.434 e. The minimum atomic E-state index is -2.91. The Hall–Kier alpha value is -2.97. The maximum Gasteiger partial charge on any atom is 0.387 e. The number of aryl methyl sites for hydroxylation is 1. The van der Waals surface area contributed by atoms with E-state index in [9.17, 15) is 13.6 Å². The van der Waals surface area contributed by atoms with E-state index in [0.717, 1.165) is 0 Å². The van der Waals surface area contributed by atoms with Crippen molar-refractivity contribution in [1.82, 2.24) is 19.7 Å². The quantitative estimate of drug-likeness (QED) is 0.715. The molecule has 7 nitrogen and oxygen atoms in total. The molecule has 0 aliphatic heterocycles. The molecular weight excluding hydrogens is 332 g/mol. The predicted molar refractivity (Wildman–Crippen MR) is 88.9 cm³/mol. The summed E-state index contributed by atoms with van der Waals surface area (Å²) in [7, 11) is 1.68. The van der Waals surface area contributed by atoms with Gasteiger partial charge < -0.3 is 10.1 Å². The fourth-order valence-electron chi connectivity index (χ4n) is 2.64. The minimum Gasteiger partial charge on any atom is -0.434 e. The molecule has 0 saturated carbocycles. The van der Waals surface area contributed by atoms with Crippen LogP contribution in [0.3, 0.4) is 0 Å². The van der Waals surface area contributed by atoms with Gasteiger partial charge in [0.15, 0.2) is 5.65 Å². The van der Waals surface area contributed by atoms with Gasteiger partial charge >= 0.3 is 6.61 Å². The number of halogens is 2. The van der Waals surface area contributed by atoms with Crippen LogP contribution < -0.4 is 15.6 Å². The molecule has 1 unspecified atom stereocenters. The zero-order valence-corrected chi connectivity index (χ0v) is 13.7. The second-order valence-electron chi connectivity index (χ2n) is 5.44. The van der Waals surface area contributed by atoms with Crippen LogP contribution in [0.15, 0.2) is 35.3 Å². The first kappa shape index (κ1) is 16.9. The summed E-state index contributed by atoms with van der Waals surface area (Å²) < 4.78 is 31.3. The summed E-state index contributed by atoms with van der Waals surface area (Å²) in [6.45, 7) is -1.03. The van der Waals surface area contributed by atoms with E-state index in [4.69, 9.17) is 0 Å². The number of hydrogen-bond donors (Lipinski definition) is 2. The molecule has 2 N–H and O–H groups in total. The topological polar surface area (TPSA) is 84.8 Å². The van der Waals surface area contributed by atoms with Crippen LogP contribution in [0.25, 0.3) is 11.0 Å². The van der Waals surface area contributed by atoms with Gasteiger partial charge in [0.05, 0.1) is 12.2 Å². The van der Waals surface area contributed by atoms with Crippen molar-refractivity contribution >= 4 is 17.0 Å². The smallest absolute Gasteiger partial charge is 0.387 e. The molecule has 1 aromatic carbocycles. The molecule has 2 aromatic heterocycles. The Kier molecular flexibility index (Phi) is 4.64. The standard InChI is InChI=1S/C16H17F2N5O2/c1-3-11(9-6-4-5-7-12(9)25-15(17)18)20-16-21-13-10(14(24)22-16)8-19-23(13)2/h4-8,11,15H,3H2,1-2H3,(H2,20,21,22,24). The van der Waals surface area contributed by atoms with E-state index in [2.05, 4.69) is 25.1 Å². The maximum atomic E-state index is 12.6. The molecule has 0 radical (unpaired) electrons. The van der Waals surface area contributed by atoms with Crippen molar-refractivity contribution < 1.29 is 13.5 Å². The summed E-state index contributed by atoms with van der Waals surface area (Å²) >= 11 is 0. The zero-order chi connectivity index (χ0) is 18.0. The van der Waals surface area contributed by atoms with Crippen molar-refractivity contribution in [1.29, 1.82) is 0 Å². The first-order chi connectivity index (χ1) is 12.0. The van der Waals surface area contributed by atoms with Gasteiger partial charge in [-0.15, -0.1) is 0 Å². The molecule has 25 heavy (non-hydrogen) atoms. The maximum absolute atomic E-state index is 12.6. The normalized spacial score (nSPS) is 12.5. The lowest BCUT2D eigenvalue weighted by Crippen LogP contribution is -2.18. The Morgan fingerprint density at radius 3 is 2.84 bits per heavy atom. The van der Waals surface area contributed by atoms with Gasteiger partial charge in [0.2, 0.25) is 5.95 Å². The van der Waals surface area contributed by atoms with E-state index in [1.54, 1.807) is 25.2 Å². The van der Waals surface area contributed by atoms with Gasteiger partial charge in [-0.2, -0.15) is 18.9 Å². The van der Waals surface area contributed by atoms with E-state index in [0.29, 0.717) is 23.0 Å². The number of rotatable bonds is 6. The lowest BCUT2D eigenvalue weighted by Gasteiger charge is -2.20. The monoisotopic (exact) mass is 349 g/mol. The van der Waals surface area contributed by atoms with Gasteiger partial charge in [0.25, 0.3) is 5.56 Å². The number of fused-ring (bicyclic) bond motifs is 1. The van der Waals surface area contributed by atoms with E-state index in [-0.39, 0.29) is 23.3 Å². The minimum absolute atomic E-state index is 0.0841. The Balaban J connectivity index is 1.96. The highest BCUT2D eigenvalue weighted by Gasteiger charge is 2.18. The number of ether oxygens (including phenoxy) is 1. The van der Waals surface area contributed by atoms with E-state index < -0.39 is 6.61 Å². The fourth-order valence-corrected chi connectivity index (χ4v) is 2.64. The van der Waals surface area contributed by atoms with E-state index in [1.165, 1.54) is 16.9 Å². The van der Waals surface area contributed by atoms with Gasteiger partial charge in [-0.25, -0.2) is 0 Å². The molecule has 0 aliphatic rings. The molecule has 9 heteroatoms. The van der Waals surface area contributed by atoms with Gasteiger partial charge in [-0.1, -0.05) is 25.1 Å². The lowest BCUT2D eigenvalue weighted by atomic mass is 10.0. The molecule has 2 heterocycles. The number of benzene rings is 1. The Morgan fingerprint density at radius 2 is 2.12 bits per heavy atom. The van der Waals surface area contributed by atoms with Crippen molar-refractivity contribution in [2.75, 3.05) is 5.32 Å². The first-order valence-corrected chi connectivity index (χ1v) is 7.72. The zero-order valence-electron chi connectivity index (χ0n) is 13.7. The van der Waals surface area contributed by atoms with Crippen LogP contribution in [-0.2, 0) is 7.05 Å². The van der Waals surface area contributed by atoms with Crippen LogP contribution >= 0.6 is 0 Å². The molecule has 0 bridgehead atoms. The van der Waals surface area contributed by atoms with Gasteiger partial charge in [-0.3, -0.25) is 14.5 Å². The average Bonchev–Trinajstić information content (AvgIpc) is 2.95. The van der Waals surface area contributed by atoms with E-state index >= 15 is 0 Å². The number of aromatic nitrogens is 4. The third-order valence-electron chi connectivity index (χ3n) is 3.83. The van der Waals surface area contributed by atoms with Crippen molar-refractivity contribution in [3.8, 4) is 5.75 Å². The second-order valence-corrected chi connectivity index (χ2v) is 5.44. The van der Waals surface area contributed by atoms with Crippen LogP contribution in [0, 0.1) is 0 Å². The number of nitrogens with zero attached hydrogens (tertiary/aromatic N) is 3. The molecular formula is C16H17F2N5O2. The summed E-state index contributed by atoms with van der Waals surface area (Å²) in [4.78, 5) is 19.1. The first-order valence-electron chi connectivity index (χ1n) is 7.72. The predicted octanol–water partition coefficient (Wildman–Crippen LogP) is 2.82. The summed E-state index contributed by atoms with van der Waals surface area (Å²) in [6.07, 6.45) is 2.00. The van der Waals surface area contributed by atoms with Crippen molar-refractivity contribution in [2.45, 2.75) is 26.0 Å². The molecule has 0 aliphatic carbocycles. The summed E-state index contributed by atoms with van der Waals surface area (Å²) in [6, 6.07) is 6.16. The number of alkyl halides is 2. The Morgan fingerprint density at radius 1 is 1.36 bits per heavy atom. The number of aromatic amines is 1. The van der Waals surface area contributed by atoms with Crippen LogP contribution in [0.1, 0.15) is 24.9 Å².